The molecule has 1 N–H and O–H groups in total. The Morgan fingerprint density at radius 1 is 1.47 bits per heavy atom. The fourth-order valence-corrected chi connectivity index (χ4v) is 2.05. The van der Waals surface area contributed by atoms with E-state index in [1.54, 1.807) is 10.6 Å². The summed E-state index contributed by atoms with van der Waals surface area (Å²) in [5.74, 6) is -0.297. The molecular formula is C11H12F2N2OS. The number of benzene rings is 1. The Kier molecular flexibility index (Phi) is 3.42. The molecule has 0 saturated heterocycles. The van der Waals surface area contributed by atoms with E-state index in [0.29, 0.717) is 23.3 Å². The minimum Gasteiger partial charge on any atom is -0.494 e. The lowest BCUT2D eigenvalue weighted by Crippen LogP contribution is -1.99. The predicted molar refractivity (Wildman–Crippen MR) is 64.2 cm³/mol. The lowest BCUT2D eigenvalue weighted by molar-refractivity contribution is 0.387. The number of methoxy groups -OCH3 is 1. The quantitative estimate of drug-likeness (QED) is 0.853. The Hall–Kier alpha value is -1.43. The van der Waals surface area contributed by atoms with E-state index in [4.69, 9.17) is 17.0 Å². The topological polar surface area (TPSA) is 29.9 Å². The lowest BCUT2D eigenvalue weighted by Gasteiger charge is -2.05. The molecule has 0 fully saturated rings. The summed E-state index contributed by atoms with van der Waals surface area (Å²) in [5, 5.41) is 0. The van der Waals surface area contributed by atoms with Gasteiger partial charge in [-0.25, -0.2) is 4.39 Å². The molecule has 0 saturated carbocycles. The third-order valence-electron chi connectivity index (χ3n) is 2.56. The molecule has 0 radical (unpaired) electrons. The van der Waals surface area contributed by atoms with Gasteiger partial charge in [0.05, 0.1) is 24.8 Å². The summed E-state index contributed by atoms with van der Waals surface area (Å²) in [6, 6.07) is 2.89. The smallest absolute Gasteiger partial charge is 0.178 e. The molecule has 1 heterocycles. The van der Waals surface area contributed by atoms with Crippen LogP contribution in [0.15, 0.2) is 12.1 Å². The van der Waals surface area contributed by atoms with Gasteiger partial charge in [0.15, 0.2) is 16.3 Å². The zero-order valence-corrected chi connectivity index (χ0v) is 10.1. The molecule has 0 atom stereocenters. The van der Waals surface area contributed by atoms with Gasteiger partial charge in [0, 0.05) is 18.7 Å². The van der Waals surface area contributed by atoms with Gasteiger partial charge in [-0.2, -0.15) is 0 Å². The number of aromatic nitrogens is 2. The summed E-state index contributed by atoms with van der Waals surface area (Å²) in [6.07, 6.45) is 0.376. The van der Waals surface area contributed by atoms with Gasteiger partial charge in [-0.1, -0.05) is 0 Å². The number of nitrogens with one attached hydrogen (secondary N) is 1. The van der Waals surface area contributed by atoms with Crippen LogP contribution in [0.2, 0.25) is 0 Å². The highest BCUT2D eigenvalue weighted by Crippen LogP contribution is 2.24. The van der Waals surface area contributed by atoms with E-state index >= 15 is 0 Å². The molecule has 0 bridgehead atoms. The van der Waals surface area contributed by atoms with Crippen LogP contribution in [0.5, 0.6) is 5.75 Å². The highest BCUT2D eigenvalue weighted by molar-refractivity contribution is 7.71. The van der Waals surface area contributed by atoms with Crippen LogP contribution in [0.4, 0.5) is 8.78 Å². The molecule has 0 amide bonds. The summed E-state index contributed by atoms with van der Waals surface area (Å²) in [4.78, 5) is 2.89. The van der Waals surface area contributed by atoms with Crippen LogP contribution in [-0.2, 0) is 6.54 Å². The molecule has 0 aliphatic rings. The number of fused-ring (bicyclic) bond motifs is 1. The molecule has 3 nitrogen and oxygen atoms in total. The Bertz CT molecular complexity index is 591. The lowest BCUT2D eigenvalue weighted by atomic mass is 10.3. The summed E-state index contributed by atoms with van der Waals surface area (Å²) >= 11 is 5.11. The molecule has 2 aromatic rings. The minimum absolute atomic E-state index is 0.153. The van der Waals surface area contributed by atoms with Gasteiger partial charge in [0.25, 0.3) is 0 Å². The number of imidazole rings is 1. The van der Waals surface area contributed by atoms with E-state index < -0.39 is 12.5 Å². The zero-order valence-electron chi connectivity index (χ0n) is 9.30. The van der Waals surface area contributed by atoms with E-state index in [-0.39, 0.29) is 5.75 Å². The molecule has 92 valence electrons. The highest BCUT2D eigenvalue weighted by Gasteiger charge is 2.10. The van der Waals surface area contributed by atoms with Crippen molar-refractivity contribution in [1.29, 1.82) is 0 Å². The van der Waals surface area contributed by atoms with Crippen LogP contribution in [0.25, 0.3) is 11.0 Å². The van der Waals surface area contributed by atoms with Crippen molar-refractivity contribution in [2.75, 3.05) is 13.8 Å². The van der Waals surface area contributed by atoms with E-state index in [1.807, 2.05) is 0 Å². The van der Waals surface area contributed by atoms with Crippen LogP contribution in [0, 0.1) is 10.6 Å². The number of aryl methyl sites for hydroxylation is 1. The van der Waals surface area contributed by atoms with E-state index in [2.05, 4.69) is 4.98 Å². The fourth-order valence-electron chi connectivity index (χ4n) is 1.75. The highest BCUT2D eigenvalue weighted by atomic mass is 32.1. The standard InChI is InChI=1S/C11H12F2N2OS/c1-16-10-6-9-8(5-7(10)13)14-11(17)15(9)4-2-3-12/h5-6H,2-4H2,1H3,(H,14,17). The number of hydrogen-bond acceptors (Lipinski definition) is 2. The second kappa shape index (κ2) is 4.83. The Balaban J connectivity index is 2.59. The Morgan fingerprint density at radius 3 is 2.88 bits per heavy atom. The largest absolute Gasteiger partial charge is 0.494 e. The number of alkyl halides is 1. The van der Waals surface area contributed by atoms with E-state index in [9.17, 15) is 8.78 Å². The first-order chi connectivity index (χ1) is 8.17. The molecular weight excluding hydrogens is 246 g/mol. The van der Waals surface area contributed by atoms with Crippen molar-refractivity contribution in [1.82, 2.24) is 9.55 Å². The number of aromatic amines is 1. The van der Waals surface area contributed by atoms with Crippen molar-refractivity contribution in [3.8, 4) is 5.75 Å². The van der Waals surface area contributed by atoms with Crippen molar-refractivity contribution >= 4 is 23.3 Å². The van der Waals surface area contributed by atoms with Gasteiger partial charge in [0.1, 0.15) is 0 Å². The molecule has 17 heavy (non-hydrogen) atoms. The normalized spacial score (nSPS) is 11.0. The van der Waals surface area contributed by atoms with Crippen molar-refractivity contribution in [3.05, 3.63) is 22.7 Å². The number of halogens is 2. The SMILES string of the molecule is COc1cc2c(cc1F)[nH]c(=S)n2CCCF. The summed E-state index contributed by atoms with van der Waals surface area (Å²) in [5.41, 5.74) is 1.31. The molecule has 6 heteroatoms. The first-order valence-electron chi connectivity index (χ1n) is 5.19. The number of ether oxygens (including phenoxy) is 1. The van der Waals surface area contributed by atoms with Gasteiger partial charge < -0.3 is 14.3 Å². The van der Waals surface area contributed by atoms with Gasteiger partial charge in [-0.15, -0.1) is 0 Å². The van der Waals surface area contributed by atoms with Crippen molar-refractivity contribution < 1.29 is 13.5 Å². The Labute approximate surface area is 102 Å². The monoisotopic (exact) mass is 258 g/mol. The van der Waals surface area contributed by atoms with Crippen molar-refractivity contribution in [2.45, 2.75) is 13.0 Å². The van der Waals surface area contributed by atoms with Crippen LogP contribution in [0.1, 0.15) is 6.42 Å². The first-order valence-corrected chi connectivity index (χ1v) is 5.60. The second-order valence-corrected chi connectivity index (χ2v) is 4.01. The van der Waals surface area contributed by atoms with Crippen LogP contribution in [-0.4, -0.2) is 23.3 Å². The number of rotatable bonds is 4. The summed E-state index contributed by atoms with van der Waals surface area (Å²) in [6.45, 7) is 0.0525. The van der Waals surface area contributed by atoms with Gasteiger partial charge in [0.2, 0.25) is 0 Å². The Morgan fingerprint density at radius 2 is 2.24 bits per heavy atom. The van der Waals surface area contributed by atoms with Crippen LogP contribution < -0.4 is 4.74 Å². The van der Waals surface area contributed by atoms with Gasteiger partial charge in [-0.05, 0) is 18.6 Å². The summed E-state index contributed by atoms with van der Waals surface area (Å²) < 4.78 is 32.8. The third-order valence-corrected chi connectivity index (χ3v) is 2.89. The average molecular weight is 258 g/mol. The molecule has 0 spiro atoms. The maximum Gasteiger partial charge on any atom is 0.178 e. The average Bonchev–Trinajstić information content (AvgIpc) is 2.60. The summed E-state index contributed by atoms with van der Waals surface area (Å²) in [7, 11) is 1.40. The van der Waals surface area contributed by atoms with E-state index in [1.165, 1.54) is 13.2 Å². The van der Waals surface area contributed by atoms with Crippen LogP contribution >= 0.6 is 12.2 Å². The zero-order chi connectivity index (χ0) is 12.4. The number of H-pyrrole nitrogens is 1. The van der Waals surface area contributed by atoms with Gasteiger partial charge >= 0.3 is 0 Å². The fraction of sp³-hybridized carbons (Fsp3) is 0.364. The molecule has 0 unspecified atom stereocenters. The molecule has 1 aromatic heterocycles. The molecule has 0 aliphatic heterocycles. The third kappa shape index (κ3) is 2.17. The van der Waals surface area contributed by atoms with Gasteiger partial charge in [-0.3, -0.25) is 4.39 Å². The number of hydrogen-bond donors (Lipinski definition) is 1. The first kappa shape index (κ1) is 12.0. The van der Waals surface area contributed by atoms with Crippen molar-refractivity contribution in [3.63, 3.8) is 0 Å². The second-order valence-electron chi connectivity index (χ2n) is 3.63. The van der Waals surface area contributed by atoms with E-state index in [0.717, 1.165) is 5.52 Å². The number of nitrogens with zero attached hydrogens (tertiary/aromatic N) is 1. The maximum absolute atomic E-state index is 13.5. The molecule has 1 aromatic carbocycles. The predicted octanol–water partition coefficient (Wildman–Crippen LogP) is 3.21. The minimum atomic E-state index is -0.450. The maximum atomic E-state index is 13.5. The molecule has 0 aliphatic carbocycles. The van der Waals surface area contributed by atoms with Crippen LogP contribution in [0.3, 0.4) is 0 Å². The molecule has 2 rings (SSSR count). The van der Waals surface area contributed by atoms with Crippen molar-refractivity contribution in [2.24, 2.45) is 0 Å².